The van der Waals surface area contributed by atoms with Gasteiger partial charge in [-0.3, -0.25) is 9.59 Å². The number of carbonyl (C=O) groups excluding carboxylic acids is 1. The lowest BCUT2D eigenvalue weighted by Crippen LogP contribution is -2.34. The summed E-state index contributed by atoms with van der Waals surface area (Å²) in [5, 5.41) is 18.3. The first-order chi connectivity index (χ1) is 19.5. The molecular formula is C25H18F4N8O4. The first-order valence-corrected chi connectivity index (χ1v) is 11.7. The van der Waals surface area contributed by atoms with Gasteiger partial charge in [0.2, 0.25) is 0 Å². The zero-order chi connectivity index (χ0) is 29.3. The summed E-state index contributed by atoms with van der Waals surface area (Å²) >= 11 is 0. The van der Waals surface area contributed by atoms with E-state index in [-0.39, 0.29) is 39.2 Å². The maximum atomic E-state index is 14.3. The van der Waals surface area contributed by atoms with Crippen LogP contribution in [0.15, 0.2) is 70.3 Å². The zero-order valence-electron chi connectivity index (χ0n) is 20.8. The summed E-state index contributed by atoms with van der Waals surface area (Å²) in [4.78, 5) is 41.4. The lowest BCUT2D eigenvalue weighted by atomic mass is 10.0. The number of aromatic amines is 2. The molecule has 1 amide bonds. The summed E-state index contributed by atoms with van der Waals surface area (Å²) < 4.78 is 57.2. The van der Waals surface area contributed by atoms with Crippen LogP contribution in [0.2, 0.25) is 0 Å². The van der Waals surface area contributed by atoms with Crippen LogP contribution in [0.25, 0.3) is 16.6 Å². The Hall–Kier alpha value is -5.54. The number of hydrogen-bond donors (Lipinski definition) is 4. The number of hydrogen-bond acceptors (Lipinski definition) is 8. The third kappa shape index (κ3) is 5.61. The van der Waals surface area contributed by atoms with E-state index < -0.39 is 41.1 Å². The number of carbonyl (C=O) groups is 1. The van der Waals surface area contributed by atoms with Crippen LogP contribution in [-0.4, -0.2) is 49.5 Å². The lowest BCUT2D eigenvalue weighted by molar-refractivity contribution is -0.274. The van der Waals surface area contributed by atoms with Crippen molar-refractivity contribution in [3.63, 3.8) is 0 Å². The van der Waals surface area contributed by atoms with Crippen molar-refractivity contribution in [2.45, 2.75) is 12.4 Å². The Labute approximate surface area is 226 Å². The van der Waals surface area contributed by atoms with E-state index in [1.807, 2.05) is 0 Å². The molecule has 0 saturated carbocycles. The number of anilines is 1. The van der Waals surface area contributed by atoms with Gasteiger partial charge >= 0.3 is 12.1 Å². The average Bonchev–Trinajstić information content (AvgIpc) is 3.46. The number of amides is 1. The number of aromatic nitrogens is 6. The smallest absolute Gasteiger partial charge is 0.406 e. The molecule has 0 radical (unpaired) electrons. The molecule has 1 unspecified atom stereocenters. The molecule has 0 fully saturated rings. The van der Waals surface area contributed by atoms with Gasteiger partial charge in [-0.25, -0.2) is 18.9 Å². The van der Waals surface area contributed by atoms with Crippen LogP contribution in [0.1, 0.15) is 27.8 Å². The average molecular weight is 570 g/mol. The number of rotatable bonds is 7. The molecular weight excluding hydrogens is 552 g/mol. The molecule has 0 aliphatic heterocycles. The maximum absolute atomic E-state index is 14.3. The summed E-state index contributed by atoms with van der Waals surface area (Å²) in [5.74, 6) is -1.85. The van der Waals surface area contributed by atoms with E-state index in [0.29, 0.717) is 0 Å². The largest absolute Gasteiger partial charge is 0.573 e. The summed E-state index contributed by atoms with van der Waals surface area (Å²) in [6, 6.07) is 11.4. The predicted molar refractivity (Wildman–Crippen MR) is 136 cm³/mol. The van der Waals surface area contributed by atoms with Crippen molar-refractivity contribution in [2.24, 2.45) is 0 Å². The Balaban J connectivity index is 1.44. The highest BCUT2D eigenvalue weighted by Crippen LogP contribution is 2.27. The van der Waals surface area contributed by atoms with Crippen LogP contribution in [0.3, 0.4) is 0 Å². The minimum absolute atomic E-state index is 0.0297. The lowest BCUT2D eigenvalue weighted by Gasteiger charge is -2.18. The zero-order valence-corrected chi connectivity index (χ0v) is 20.8. The van der Waals surface area contributed by atoms with E-state index in [1.54, 1.807) is 0 Å². The topological polar surface area (TPSA) is 160 Å². The molecule has 12 nitrogen and oxygen atoms in total. The maximum Gasteiger partial charge on any atom is 0.573 e. The molecule has 3 aromatic carbocycles. The molecule has 2 heterocycles. The molecule has 0 spiro atoms. The van der Waals surface area contributed by atoms with Gasteiger partial charge in [-0.2, -0.15) is 0 Å². The molecule has 0 saturated heterocycles. The van der Waals surface area contributed by atoms with Gasteiger partial charge in [-0.1, -0.05) is 12.1 Å². The Morgan fingerprint density at radius 3 is 2.49 bits per heavy atom. The van der Waals surface area contributed by atoms with Crippen LogP contribution in [0, 0.1) is 5.82 Å². The summed E-state index contributed by atoms with van der Waals surface area (Å²) in [7, 11) is 1.49. The number of benzene rings is 3. The van der Waals surface area contributed by atoms with E-state index >= 15 is 0 Å². The quantitative estimate of drug-likeness (QED) is 0.218. The standard InChI is InChI=1S/C25H18F4N8O4/c1-30-19-11-18-16(10-17(19)26)23(39)37(24(40)31-18)14-7-5-12(6-8-14)22(38)32-20(21-33-35-36-34-21)13-3-2-4-15(9-13)41-25(27,28)29/h2-11,20,30H,1H3,(H,31,40)(H,32,38)(H,33,34,35,36). The number of fused-ring (bicyclic) bond motifs is 1. The number of alkyl halides is 3. The van der Waals surface area contributed by atoms with Crippen molar-refractivity contribution in [3.8, 4) is 11.4 Å². The normalized spacial score (nSPS) is 12.2. The van der Waals surface area contributed by atoms with Crippen molar-refractivity contribution in [2.75, 3.05) is 12.4 Å². The van der Waals surface area contributed by atoms with E-state index in [4.69, 9.17) is 0 Å². The second-order valence-corrected chi connectivity index (χ2v) is 8.56. The van der Waals surface area contributed by atoms with E-state index in [1.165, 1.54) is 49.5 Å². The highest BCUT2D eigenvalue weighted by Gasteiger charge is 2.31. The molecule has 2 aromatic heterocycles. The summed E-state index contributed by atoms with van der Waals surface area (Å²) in [6.07, 6.45) is -4.93. The molecule has 5 rings (SSSR count). The first-order valence-electron chi connectivity index (χ1n) is 11.7. The number of ether oxygens (including phenoxy) is 1. The second kappa shape index (κ2) is 10.6. The Morgan fingerprint density at radius 1 is 1.07 bits per heavy atom. The van der Waals surface area contributed by atoms with Crippen LogP contribution >= 0.6 is 0 Å². The van der Waals surface area contributed by atoms with Gasteiger partial charge < -0.3 is 20.4 Å². The van der Waals surface area contributed by atoms with Gasteiger partial charge in [0, 0.05) is 12.6 Å². The SMILES string of the molecule is CNc1cc2[nH]c(=O)n(-c3ccc(C(=O)NC(c4cccc(OC(F)(F)F)c4)c4nnn[nH]4)cc3)c(=O)c2cc1F. The van der Waals surface area contributed by atoms with Gasteiger partial charge in [-0.05, 0) is 64.5 Å². The number of H-pyrrole nitrogens is 2. The van der Waals surface area contributed by atoms with E-state index in [2.05, 4.69) is 41.0 Å². The second-order valence-electron chi connectivity index (χ2n) is 8.56. The van der Waals surface area contributed by atoms with E-state index in [0.717, 1.165) is 22.8 Å². The minimum Gasteiger partial charge on any atom is -0.406 e. The van der Waals surface area contributed by atoms with Crippen LogP contribution in [0.5, 0.6) is 5.75 Å². The third-order valence-electron chi connectivity index (χ3n) is 5.98. The van der Waals surface area contributed by atoms with Crippen LogP contribution in [0.4, 0.5) is 23.2 Å². The molecule has 5 aromatic rings. The van der Waals surface area contributed by atoms with Gasteiger partial charge in [0.25, 0.3) is 11.5 Å². The molecule has 4 N–H and O–H groups in total. The molecule has 41 heavy (non-hydrogen) atoms. The molecule has 0 aliphatic rings. The Morgan fingerprint density at radius 2 is 1.83 bits per heavy atom. The monoisotopic (exact) mass is 570 g/mol. The number of halogens is 4. The van der Waals surface area contributed by atoms with Crippen molar-refractivity contribution in [1.82, 2.24) is 35.5 Å². The fourth-order valence-corrected chi connectivity index (χ4v) is 4.13. The molecule has 210 valence electrons. The van der Waals surface area contributed by atoms with Gasteiger partial charge in [0.15, 0.2) is 5.82 Å². The minimum atomic E-state index is -4.93. The fourth-order valence-electron chi connectivity index (χ4n) is 4.13. The molecule has 16 heteroatoms. The number of nitrogens with zero attached hydrogens (tertiary/aromatic N) is 4. The van der Waals surface area contributed by atoms with Gasteiger partial charge in [0.05, 0.1) is 22.3 Å². The first kappa shape index (κ1) is 27.0. The molecule has 1 atom stereocenters. The predicted octanol–water partition coefficient (Wildman–Crippen LogP) is 2.79. The fraction of sp³-hybridized carbons (Fsp3) is 0.120. The van der Waals surface area contributed by atoms with E-state index in [9.17, 15) is 31.9 Å². The summed E-state index contributed by atoms with van der Waals surface area (Å²) in [6.45, 7) is 0. The molecule has 0 bridgehead atoms. The van der Waals surface area contributed by atoms with Gasteiger partial charge in [0.1, 0.15) is 17.6 Å². The van der Waals surface area contributed by atoms with Gasteiger partial charge in [-0.15, -0.1) is 18.3 Å². The van der Waals surface area contributed by atoms with Crippen molar-refractivity contribution >= 4 is 22.5 Å². The van der Waals surface area contributed by atoms with Crippen molar-refractivity contribution in [3.05, 3.63) is 104 Å². The Bertz CT molecular complexity index is 1850. The summed E-state index contributed by atoms with van der Waals surface area (Å²) in [5.41, 5.74) is -0.980. The van der Waals surface area contributed by atoms with Crippen molar-refractivity contribution < 1.29 is 27.1 Å². The van der Waals surface area contributed by atoms with Crippen LogP contribution in [-0.2, 0) is 0 Å². The van der Waals surface area contributed by atoms with Crippen LogP contribution < -0.4 is 26.6 Å². The Kier molecular flexibility index (Phi) is 6.96. The molecule has 0 aliphatic carbocycles. The number of nitrogens with one attached hydrogen (secondary N) is 4. The number of tetrazole rings is 1. The third-order valence-corrected chi connectivity index (χ3v) is 5.98. The highest BCUT2D eigenvalue weighted by molar-refractivity contribution is 5.94. The highest BCUT2D eigenvalue weighted by atomic mass is 19.4. The van der Waals surface area contributed by atoms with Crippen molar-refractivity contribution in [1.29, 1.82) is 0 Å².